The van der Waals surface area contributed by atoms with E-state index in [-0.39, 0.29) is 11.5 Å². The fourth-order valence-corrected chi connectivity index (χ4v) is 5.60. The minimum absolute atomic E-state index is 0.125. The van der Waals surface area contributed by atoms with E-state index in [9.17, 15) is 25.9 Å². The molecule has 6 aromatic rings. The van der Waals surface area contributed by atoms with Crippen LogP contribution in [0.4, 0.5) is 0 Å². The van der Waals surface area contributed by atoms with Gasteiger partial charge in [0.1, 0.15) is 0 Å². The van der Waals surface area contributed by atoms with Gasteiger partial charge in [0.25, 0.3) is 20.8 Å². The molecule has 0 radical (unpaired) electrons. The SMILES string of the molecule is O=S(=O)([O-])Oc1c2ccccc2c2ccc3c(OS(=O)(=O)[O-])c4ccccc4c4ccc1c2c34. The summed E-state index contributed by atoms with van der Waals surface area (Å²) in [6, 6.07) is 20.6. The Hall–Kier alpha value is -3.70. The summed E-state index contributed by atoms with van der Waals surface area (Å²) in [4.78, 5) is 0. The van der Waals surface area contributed by atoms with Crippen molar-refractivity contribution in [1.29, 1.82) is 0 Å². The quantitative estimate of drug-likeness (QED) is 0.151. The van der Waals surface area contributed by atoms with Crippen LogP contribution in [-0.2, 0) is 20.8 Å². The summed E-state index contributed by atoms with van der Waals surface area (Å²) in [5.41, 5.74) is 0. The van der Waals surface area contributed by atoms with Gasteiger partial charge in [-0.1, -0.05) is 60.7 Å². The molecule has 8 nitrogen and oxygen atoms in total. The molecule has 0 aliphatic rings. The lowest BCUT2D eigenvalue weighted by molar-refractivity contribution is 0.373. The molecule has 0 aromatic heterocycles. The van der Waals surface area contributed by atoms with Crippen molar-refractivity contribution in [1.82, 2.24) is 0 Å². The molecule has 0 N–H and O–H groups in total. The van der Waals surface area contributed by atoms with Gasteiger partial charge < -0.3 is 17.5 Å². The molecule has 170 valence electrons. The van der Waals surface area contributed by atoms with E-state index in [1.54, 1.807) is 72.8 Å². The molecule has 0 bridgehead atoms. The van der Waals surface area contributed by atoms with Gasteiger partial charge >= 0.3 is 0 Å². The van der Waals surface area contributed by atoms with E-state index >= 15 is 0 Å². The molecular weight excluding hydrogens is 480 g/mol. The van der Waals surface area contributed by atoms with Crippen molar-refractivity contribution in [3.05, 3.63) is 72.8 Å². The number of benzene rings is 6. The van der Waals surface area contributed by atoms with E-state index in [0.29, 0.717) is 43.1 Å². The van der Waals surface area contributed by atoms with Crippen LogP contribution in [0.2, 0.25) is 0 Å². The van der Waals surface area contributed by atoms with E-state index in [1.807, 2.05) is 0 Å². The maximum Gasteiger partial charge on any atom is 0.262 e. The molecule has 6 aromatic carbocycles. The highest BCUT2D eigenvalue weighted by Gasteiger charge is 2.22. The van der Waals surface area contributed by atoms with Crippen LogP contribution in [-0.4, -0.2) is 25.9 Å². The van der Waals surface area contributed by atoms with Gasteiger partial charge in [-0.15, -0.1) is 0 Å². The molecule has 0 spiro atoms. The predicted molar refractivity (Wildman–Crippen MR) is 126 cm³/mol. The molecule has 34 heavy (non-hydrogen) atoms. The van der Waals surface area contributed by atoms with Crippen LogP contribution in [0.5, 0.6) is 11.5 Å². The van der Waals surface area contributed by atoms with Gasteiger partial charge in [-0.05, 0) is 33.7 Å². The summed E-state index contributed by atoms with van der Waals surface area (Å²) in [5, 5.41) is 5.36. The third-order valence-corrected chi connectivity index (χ3v) is 6.69. The summed E-state index contributed by atoms with van der Waals surface area (Å²) >= 11 is 0. The van der Waals surface area contributed by atoms with Crippen LogP contribution in [0, 0.1) is 0 Å². The second-order valence-electron chi connectivity index (χ2n) is 7.80. The molecule has 0 aliphatic heterocycles. The van der Waals surface area contributed by atoms with Gasteiger partial charge in [0, 0.05) is 32.3 Å². The summed E-state index contributed by atoms with van der Waals surface area (Å²) in [7, 11) is -10.2. The number of rotatable bonds is 4. The van der Waals surface area contributed by atoms with Crippen LogP contribution in [0.15, 0.2) is 72.8 Å². The zero-order valence-electron chi connectivity index (χ0n) is 17.0. The van der Waals surface area contributed by atoms with Crippen LogP contribution in [0.25, 0.3) is 53.9 Å². The highest BCUT2D eigenvalue weighted by molar-refractivity contribution is 7.81. The van der Waals surface area contributed by atoms with Gasteiger partial charge in [0.2, 0.25) is 0 Å². The van der Waals surface area contributed by atoms with Crippen molar-refractivity contribution >= 4 is 74.7 Å². The molecule has 0 fully saturated rings. The molecule has 0 amide bonds. The van der Waals surface area contributed by atoms with E-state index in [4.69, 9.17) is 8.37 Å². The highest BCUT2D eigenvalue weighted by atomic mass is 32.3. The molecule has 0 atom stereocenters. The molecule has 0 heterocycles. The number of hydrogen-bond acceptors (Lipinski definition) is 8. The normalized spacial score (nSPS) is 12.9. The van der Waals surface area contributed by atoms with Gasteiger partial charge in [0.05, 0.1) is 0 Å². The highest BCUT2D eigenvalue weighted by Crippen LogP contribution is 2.49. The second kappa shape index (κ2) is 6.90. The van der Waals surface area contributed by atoms with Crippen LogP contribution < -0.4 is 8.37 Å². The van der Waals surface area contributed by atoms with E-state index in [0.717, 1.165) is 10.8 Å². The second-order valence-corrected chi connectivity index (χ2v) is 9.77. The standard InChI is InChI=1S/C24H14O8S2/c25-33(26,27)31-23-17-7-3-1-5-13(17)15-9-11-20-22-16(10-12-19(23)21(15)22)14-6-2-4-8-18(14)24(20)32-34(28,29)30/h1-12H,(H,25,26,27)(H,28,29,30)/p-2. The van der Waals surface area contributed by atoms with Crippen LogP contribution in [0.3, 0.4) is 0 Å². The molecule has 0 aliphatic carbocycles. The van der Waals surface area contributed by atoms with Gasteiger partial charge in [-0.25, -0.2) is 16.8 Å². The first kappa shape index (κ1) is 20.9. The van der Waals surface area contributed by atoms with Crippen molar-refractivity contribution in [2.24, 2.45) is 0 Å². The average molecular weight is 492 g/mol. The summed E-state index contributed by atoms with van der Waals surface area (Å²) in [5.74, 6) is -0.251. The monoisotopic (exact) mass is 492 g/mol. The summed E-state index contributed by atoms with van der Waals surface area (Å²) < 4.78 is 79.4. The molecule has 10 heteroatoms. The topological polar surface area (TPSA) is 133 Å². The summed E-state index contributed by atoms with van der Waals surface area (Å²) in [6.45, 7) is 0. The smallest absolute Gasteiger partial charge is 0.262 e. The first-order chi connectivity index (χ1) is 16.1. The lowest BCUT2D eigenvalue weighted by Crippen LogP contribution is -2.09. The average Bonchev–Trinajstić information content (AvgIpc) is 2.78. The Kier molecular flexibility index (Phi) is 4.24. The Balaban J connectivity index is 1.92. The molecule has 0 saturated heterocycles. The summed E-state index contributed by atoms with van der Waals surface area (Å²) in [6.07, 6.45) is 0. The van der Waals surface area contributed by atoms with Gasteiger partial charge in [-0.3, -0.25) is 0 Å². The Labute approximate surface area is 193 Å². The first-order valence-corrected chi connectivity index (χ1v) is 12.6. The maximum atomic E-state index is 11.6. The largest absolute Gasteiger partial charge is 0.716 e. The Morgan fingerprint density at radius 1 is 0.441 bits per heavy atom. The lowest BCUT2D eigenvalue weighted by atomic mass is 9.88. The van der Waals surface area contributed by atoms with Gasteiger partial charge in [0.15, 0.2) is 11.5 Å². The maximum absolute atomic E-state index is 11.6. The fourth-order valence-electron chi connectivity index (χ4n) is 4.83. The zero-order valence-corrected chi connectivity index (χ0v) is 18.6. The first-order valence-electron chi connectivity index (χ1n) is 9.97. The van der Waals surface area contributed by atoms with Crippen molar-refractivity contribution in [2.75, 3.05) is 0 Å². The fraction of sp³-hybridized carbons (Fsp3) is 0. The Morgan fingerprint density at radius 3 is 1.12 bits per heavy atom. The Morgan fingerprint density at radius 2 is 0.765 bits per heavy atom. The molecular formula is C24H12O8S2-2. The molecule has 6 rings (SSSR count). The van der Waals surface area contributed by atoms with E-state index < -0.39 is 20.8 Å². The lowest BCUT2D eigenvalue weighted by Gasteiger charge is -2.21. The van der Waals surface area contributed by atoms with Crippen molar-refractivity contribution < 1.29 is 34.3 Å². The van der Waals surface area contributed by atoms with Crippen molar-refractivity contribution in [3.63, 3.8) is 0 Å². The van der Waals surface area contributed by atoms with E-state index in [1.165, 1.54) is 0 Å². The molecule has 0 saturated carbocycles. The van der Waals surface area contributed by atoms with Crippen LogP contribution >= 0.6 is 0 Å². The van der Waals surface area contributed by atoms with Crippen LogP contribution in [0.1, 0.15) is 0 Å². The predicted octanol–water partition coefficient (Wildman–Crippen LogP) is 4.57. The Bertz CT molecular complexity index is 1870. The van der Waals surface area contributed by atoms with Crippen molar-refractivity contribution in [2.45, 2.75) is 0 Å². The third-order valence-electron chi connectivity index (χ3n) is 5.94. The minimum Gasteiger partial charge on any atom is -0.716 e. The van der Waals surface area contributed by atoms with Gasteiger partial charge in [-0.2, -0.15) is 0 Å². The van der Waals surface area contributed by atoms with E-state index in [2.05, 4.69) is 0 Å². The minimum atomic E-state index is -5.10. The zero-order chi connectivity index (χ0) is 23.8. The van der Waals surface area contributed by atoms with Crippen molar-refractivity contribution in [3.8, 4) is 11.5 Å². The number of fused-ring (bicyclic) bond motifs is 4. The molecule has 0 unspecified atom stereocenters. The third kappa shape index (κ3) is 3.11. The number of hydrogen-bond donors (Lipinski definition) is 0.